The van der Waals surface area contributed by atoms with Gasteiger partial charge in [0.1, 0.15) is 11.5 Å². The number of fused-ring (bicyclic) bond motifs is 4. The monoisotopic (exact) mass is 835 g/mol. The molecule has 0 aromatic heterocycles. The standard InChI is InChI=1S/C60H82O2/c1-5-9-13-17-21-25-29-45-35-39-51-53(41-45)57(49-37-33-47(43-55(49)59(51)61)31-27-23-19-15-11-7-3)58-50-38-34-48(32-28-24-20-16-12-8-4)44-56(50)60(62)52-40-36-46(42-54(52)58)30-26-22-18-14-10-6-2/h33-44,61-62H,5-32H2,1-4H3. The molecule has 6 rings (SSSR count). The quantitative estimate of drug-likeness (QED) is 0.0365. The number of hydrogen-bond acceptors (Lipinski definition) is 2. The molecule has 334 valence electrons. The predicted molar refractivity (Wildman–Crippen MR) is 274 cm³/mol. The highest BCUT2D eigenvalue weighted by Crippen LogP contribution is 2.50. The lowest BCUT2D eigenvalue weighted by Crippen LogP contribution is -1.96. The van der Waals surface area contributed by atoms with E-state index >= 15 is 0 Å². The van der Waals surface area contributed by atoms with E-state index in [1.807, 2.05) is 0 Å². The first-order valence-corrected chi connectivity index (χ1v) is 25.9. The van der Waals surface area contributed by atoms with Gasteiger partial charge < -0.3 is 10.2 Å². The molecule has 0 spiro atoms. The van der Waals surface area contributed by atoms with Crippen LogP contribution in [-0.4, -0.2) is 10.2 Å². The molecular weight excluding hydrogens is 753 g/mol. The van der Waals surface area contributed by atoms with E-state index in [-0.39, 0.29) is 0 Å². The van der Waals surface area contributed by atoms with Gasteiger partial charge >= 0.3 is 0 Å². The minimum Gasteiger partial charge on any atom is -0.507 e. The smallest absolute Gasteiger partial charge is 0.131 e. The fourth-order valence-electron chi connectivity index (χ4n) is 10.2. The number of hydrogen-bond donors (Lipinski definition) is 2. The average molecular weight is 835 g/mol. The Morgan fingerprint density at radius 1 is 0.258 bits per heavy atom. The second-order valence-electron chi connectivity index (χ2n) is 19.0. The molecule has 0 saturated carbocycles. The van der Waals surface area contributed by atoms with Gasteiger partial charge in [0.05, 0.1) is 0 Å². The van der Waals surface area contributed by atoms with Gasteiger partial charge in [0, 0.05) is 21.5 Å². The Labute approximate surface area is 376 Å². The van der Waals surface area contributed by atoms with Crippen molar-refractivity contribution in [3.8, 4) is 22.6 Å². The van der Waals surface area contributed by atoms with Crippen molar-refractivity contribution in [3.63, 3.8) is 0 Å². The number of benzene rings is 6. The number of aryl methyl sites for hydroxylation is 4. The van der Waals surface area contributed by atoms with Crippen LogP contribution in [0.15, 0.2) is 72.8 Å². The average Bonchev–Trinajstić information content (AvgIpc) is 3.29. The molecular formula is C60H82O2. The maximum atomic E-state index is 12.3. The summed E-state index contributed by atoms with van der Waals surface area (Å²) in [6.07, 6.45) is 34.7. The Morgan fingerprint density at radius 3 is 0.790 bits per heavy atom. The van der Waals surface area contributed by atoms with Crippen molar-refractivity contribution in [1.29, 1.82) is 0 Å². The van der Waals surface area contributed by atoms with Gasteiger partial charge in [-0.2, -0.15) is 0 Å². The van der Waals surface area contributed by atoms with Crippen LogP contribution < -0.4 is 0 Å². The van der Waals surface area contributed by atoms with Gasteiger partial charge in [-0.1, -0.05) is 217 Å². The summed E-state index contributed by atoms with van der Waals surface area (Å²) < 4.78 is 0. The molecule has 2 nitrogen and oxygen atoms in total. The van der Waals surface area contributed by atoms with Crippen LogP contribution in [-0.2, 0) is 25.7 Å². The zero-order chi connectivity index (χ0) is 43.5. The first-order chi connectivity index (χ1) is 30.5. The molecule has 0 heterocycles. The van der Waals surface area contributed by atoms with E-state index in [9.17, 15) is 10.2 Å². The Bertz CT molecular complexity index is 2130. The molecule has 0 aliphatic heterocycles. The van der Waals surface area contributed by atoms with Crippen molar-refractivity contribution in [2.45, 2.75) is 207 Å². The van der Waals surface area contributed by atoms with Crippen LogP contribution in [0.3, 0.4) is 0 Å². The van der Waals surface area contributed by atoms with Gasteiger partial charge in [-0.25, -0.2) is 0 Å². The summed E-state index contributed by atoms with van der Waals surface area (Å²) in [4.78, 5) is 0. The molecule has 2 heteroatoms. The fourth-order valence-corrected chi connectivity index (χ4v) is 10.2. The number of rotatable bonds is 29. The highest BCUT2D eigenvalue weighted by atomic mass is 16.3. The molecule has 2 N–H and O–H groups in total. The van der Waals surface area contributed by atoms with Crippen LogP contribution in [0.4, 0.5) is 0 Å². The summed E-state index contributed by atoms with van der Waals surface area (Å²) in [6, 6.07) is 27.6. The lowest BCUT2D eigenvalue weighted by Gasteiger charge is -2.21. The van der Waals surface area contributed by atoms with Crippen molar-refractivity contribution >= 4 is 43.1 Å². The van der Waals surface area contributed by atoms with Crippen molar-refractivity contribution in [2.75, 3.05) is 0 Å². The van der Waals surface area contributed by atoms with E-state index in [2.05, 4.69) is 100 Å². The topological polar surface area (TPSA) is 40.5 Å². The number of aromatic hydroxyl groups is 2. The van der Waals surface area contributed by atoms with E-state index in [0.717, 1.165) is 68.8 Å². The minimum absolute atomic E-state index is 0.395. The minimum atomic E-state index is 0.395. The van der Waals surface area contributed by atoms with Crippen molar-refractivity contribution < 1.29 is 10.2 Å². The Hall–Kier alpha value is -4.04. The summed E-state index contributed by atoms with van der Waals surface area (Å²) >= 11 is 0. The van der Waals surface area contributed by atoms with E-state index in [0.29, 0.717) is 11.5 Å². The maximum Gasteiger partial charge on any atom is 0.131 e. The number of unbranched alkanes of at least 4 members (excludes halogenated alkanes) is 20. The molecule has 0 bridgehead atoms. The van der Waals surface area contributed by atoms with Crippen LogP contribution in [0.1, 0.15) is 204 Å². The first-order valence-electron chi connectivity index (χ1n) is 25.9. The maximum absolute atomic E-state index is 12.3. The van der Waals surface area contributed by atoms with Gasteiger partial charge in [0.2, 0.25) is 0 Å². The van der Waals surface area contributed by atoms with Crippen molar-refractivity contribution in [1.82, 2.24) is 0 Å². The van der Waals surface area contributed by atoms with Crippen LogP contribution in [0, 0.1) is 0 Å². The van der Waals surface area contributed by atoms with E-state index in [1.165, 1.54) is 187 Å². The first kappa shape index (κ1) is 47.4. The molecule has 62 heavy (non-hydrogen) atoms. The van der Waals surface area contributed by atoms with Gasteiger partial charge in [0.25, 0.3) is 0 Å². The summed E-state index contributed by atoms with van der Waals surface area (Å²) in [7, 11) is 0. The predicted octanol–water partition coefficient (Wildman–Crippen LogP) is 19.0. The van der Waals surface area contributed by atoms with E-state index < -0.39 is 0 Å². The Morgan fingerprint density at radius 2 is 0.500 bits per heavy atom. The third kappa shape index (κ3) is 12.6. The van der Waals surface area contributed by atoms with Gasteiger partial charge in [-0.3, -0.25) is 0 Å². The molecule has 0 amide bonds. The Kier molecular flexibility index (Phi) is 19.4. The van der Waals surface area contributed by atoms with Crippen LogP contribution in [0.5, 0.6) is 11.5 Å². The zero-order valence-corrected chi connectivity index (χ0v) is 39.6. The Balaban J connectivity index is 1.51. The molecule has 6 aromatic carbocycles. The number of phenols is 2. The van der Waals surface area contributed by atoms with Crippen molar-refractivity contribution in [3.05, 3.63) is 95.1 Å². The largest absolute Gasteiger partial charge is 0.507 e. The van der Waals surface area contributed by atoms with Crippen LogP contribution in [0.2, 0.25) is 0 Å². The highest BCUT2D eigenvalue weighted by Gasteiger charge is 2.23. The molecule has 0 unspecified atom stereocenters. The van der Waals surface area contributed by atoms with E-state index in [1.54, 1.807) is 0 Å². The SMILES string of the molecule is CCCCCCCCc1ccc2c(-c3c4ccc(CCCCCCCC)cc4c(O)c4ccc(CCCCCCCC)cc34)c3cc(CCCCCCCC)ccc3c(O)c2c1. The fraction of sp³-hybridized carbons (Fsp3) is 0.533. The molecule has 0 aliphatic carbocycles. The molecule has 0 fully saturated rings. The lowest BCUT2D eigenvalue weighted by molar-refractivity contribution is 0.487. The number of phenolic OH excluding ortho intramolecular Hbond substituents is 2. The highest BCUT2D eigenvalue weighted by molar-refractivity contribution is 6.26. The van der Waals surface area contributed by atoms with Gasteiger partial charge in [0.15, 0.2) is 0 Å². The molecule has 0 aliphatic rings. The second-order valence-corrected chi connectivity index (χ2v) is 19.0. The van der Waals surface area contributed by atoms with Crippen molar-refractivity contribution in [2.24, 2.45) is 0 Å². The third-order valence-corrected chi connectivity index (χ3v) is 14.0. The second kappa shape index (κ2) is 25.3. The van der Waals surface area contributed by atoms with Crippen LogP contribution in [0.25, 0.3) is 54.2 Å². The van der Waals surface area contributed by atoms with Crippen LogP contribution >= 0.6 is 0 Å². The summed E-state index contributed by atoms with van der Waals surface area (Å²) in [5, 5.41) is 32.8. The lowest BCUT2D eigenvalue weighted by atomic mass is 9.83. The summed E-state index contributed by atoms with van der Waals surface area (Å²) in [5.41, 5.74) is 7.66. The van der Waals surface area contributed by atoms with Gasteiger partial charge in [-0.05, 0) is 118 Å². The molecule has 0 atom stereocenters. The van der Waals surface area contributed by atoms with E-state index in [4.69, 9.17) is 0 Å². The normalized spacial score (nSPS) is 11.9. The summed E-state index contributed by atoms with van der Waals surface area (Å²) in [6.45, 7) is 9.14. The third-order valence-electron chi connectivity index (χ3n) is 14.0. The van der Waals surface area contributed by atoms with Gasteiger partial charge in [-0.15, -0.1) is 0 Å². The molecule has 6 aromatic rings. The zero-order valence-electron chi connectivity index (χ0n) is 39.6. The molecule has 0 saturated heterocycles. The summed E-state index contributed by atoms with van der Waals surface area (Å²) in [5.74, 6) is 0.791. The molecule has 0 radical (unpaired) electrons.